The number of H-pyrrole nitrogens is 1. The third kappa shape index (κ3) is 2.87. The van der Waals surface area contributed by atoms with Gasteiger partial charge in [-0.2, -0.15) is 0 Å². The molecule has 0 saturated carbocycles. The van der Waals surface area contributed by atoms with Crippen molar-refractivity contribution in [3.05, 3.63) is 77.6 Å². The number of nitrogens with one attached hydrogen (secondary N) is 2. The molecule has 0 aliphatic carbocycles. The molecular formula is C22H14N2O6. The van der Waals surface area contributed by atoms with Crippen LogP contribution in [0, 0.1) is 0 Å². The molecule has 1 aliphatic rings. The number of Topliss-reactive ketones (excluding diaryl/α,β-unsaturated/α-hetero) is 1. The normalized spacial score (nSPS) is 14.1. The molecule has 0 atom stereocenters. The van der Waals surface area contributed by atoms with Crippen molar-refractivity contribution in [2.75, 3.05) is 5.32 Å². The van der Waals surface area contributed by atoms with Gasteiger partial charge in [0.15, 0.2) is 11.5 Å². The Hall–Kier alpha value is -4.46. The first-order valence-electron chi connectivity index (χ1n) is 8.96. The van der Waals surface area contributed by atoms with Crippen LogP contribution in [0.15, 0.2) is 65.1 Å². The second kappa shape index (κ2) is 6.56. The van der Waals surface area contributed by atoms with Gasteiger partial charge in [0, 0.05) is 40.5 Å². The lowest BCUT2D eigenvalue weighted by Crippen LogP contribution is -2.10. The number of ketones is 1. The Morgan fingerprint density at radius 2 is 2.00 bits per heavy atom. The number of amides is 1. The van der Waals surface area contributed by atoms with Crippen molar-refractivity contribution in [2.24, 2.45) is 0 Å². The Labute approximate surface area is 169 Å². The number of carbonyl (C=O) groups is 2. The van der Waals surface area contributed by atoms with Crippen LogP contribution < -0.4 is 10.1 Å². The van der Waals surface area contributed by atoms with E-state index in [1.165, 1.54) is 18.4 Å². The molecule has 8 heteroatoms. The van der Waals surface area contributed by atoms with E-state index in [4.69, 9.17) is 9.15 Å². The van der Waals surface area contributed by atoms with Crippen LogP contribution in [0.3, 0.4) is 0 Å². The highest BCUT2D eigenvalue weighted by atomic mass is 16.5. The molecule has 2 aromatic heterocycles. The molecule has 2 aromatic carbocycles. The van der Waals surface area contributed by atoms with Gasteiger partial charge in [-0.3, -0.25) is 9.59 Å². The first-order chi connectivity index (χ1) is 14.5. The van der Waals surface area contributed by atoms with Gasteiger partial charge in [0.25, 0.3) is 5.91 Å². The average molecular weight is 402 g/mol. The minimum Gasteiger partial charge on any atom is -0.508 e. The number of phenolic OH excluding ortho intramolecular Hbond substituents is 2. The molecule has 0 spiro atoms. The molecule has 0 unspecified atom stereocenters. The van der Waals surface area contributed by atoms with Crippen molar-refractivity contribution in [3.8, 4) is 17.2 Å². The first kappa shape index (κ1) is 17.6. The number of benzene rings is 2. The standard InChI is InChI=1S/C22H14N2O6/c25-13-8-16(26)20-18(9-13)30-19(21(20)27)6-11-10-23-15-4-3-12(7-14(11)15)24-22(28)17-2-1-5-29-17/h1-10,23,25-26H,(H,24,28)/b19-6-. The Morgan fingerprint density at radius 1 is 1.13 bits per heavy atom. The highest BCUT2D eigenvalue weighted by Gasteiger charge is 2.31. The molecule has 0 fully saturated rings. The Morgan fingerprint density at radius 3 is 2.80 bits per heavy atom. The van der Waals surface area contributed by atoms with Gasteiger partial charge < -0.3 is 29.7 Å². The van der Waals surface area contributed by atoms with Crippen LogP contribution >= 0.6 is 0 Å². The number of allylic oxidation sites excluding steroid dienone is 1. The predicted molar refractivity (Wildman–Crippen MR) is 108 cm³/mol. The third-order valence-electron chi connectivity index (χ3n) is 4.74. The summed E-state index contributed by atoms with van der Waals surface area (Å²) in [6.45, 7) is 0. The van der Waals surface area contributed by atoms with Crippen LogP contribution in [-0.4, -0.2) is 26.9 Å². The van der Waals surface area contributed by atoms with Crippen LogP contribution in [0.5, 0.6) is 17.2 Å². The van der Waals surface area contributed by atoms with Crippen LogP contribution in [-0.2, 0) is 0 Å². The topological polar surface area (TPSA) is 125 Å². The van der Waals surface area contributed by atoms with E-state index in [-0.39, 0.29) is 40.2 Å². The number of aromatic nitrogens is 1. The van der Waals surface area contributed by atoms with Crippen LogP contribution in [0.25, 0.3) is 17.0 Å². The van der Waals surface area contributed by atoms with Gasteiger partial charge in [-0.05, 0) is 36.4 Å². The summed E-state index contributed by atoms with van der Waals surface area (Å²) < 4.78 is 10.6. The fourth-order valence-corrected chi connectivity index (χ4v) is 3.36. The minimum absolute atomic E-state index is 0.00490. The number of rotatable bonds is 3. The fourth-order valence-electron chi connectivity index (χ4n) is 3.36. The summed E-state index contributed by atoms with van der Waals surface area (Å²) >= 11 is 0. The molecular weight excluding hydrogens is 388 g/mol. The number of hydrogen-bond acceptors (Lipinski definition) is 6. The zero-order valence-electron chi connectivity index (χ0n) is 15.3. The average Bonchev–Trinajstić information content (AvgIpc) is 3.43. The van der Waals surface area contributed by atoms with E-state index >= 15 is 0 Å². The lowest BCUT2D eigenvalue weighted by atomic mass is 10.1. The number of fused-ring (bicyclic) bond motifs is 2. The van der Waals surface area contributed by atoms with E-state index in [1.54, 1.807) is 36.5 Å². The van der Waals surface area contributed by atoms with Crippen LogP contribution in [0.4, 0.5) is 5.69 Å². The molecule has 8 nitrogen and oxygen atoms in total. The van der Waals surface area contributed by atoms with Gasteiger partial charge in [-0.1, -0.05) is 0 Å². The number of carbonyl (C=O) groups excluding carboxylic acids is 2. The maximum Gasteiger partial charge on any atom is 0.291 e. The summed E-state index contributed by atoms with van der Waals surface area (Å²) in [6, 6.07) is 10.8. The second-order valence-electron chi connectivity index (χ2n) is 6.71. The van der Waals surface area contributed by atoms with Gasteiger partial charge in [-0.25, -0.2) is 0 Å². The van der Waals surface area contributed by atoms with Crippen molar-refractivity contribution >= 4 is 34.4 Å². The number of aromatic amines is 1. The van der Waals surface area contributed by atoms with Crippen molar-refractivity contribution in [2.45, 2.75) is 0 Å². The summed E-state index contributed by atoms with van der Waals surface area (Å²) in [5, 5.41) is 23.1. The minimum atomic E-state index is -0.487. The van der Waals surface area contributed by atoms with Crippen molar-refractivity contribution in [1.82, 2.24) is 4.98 Å². The molecule has 0 saturated heterocycles. The summed E-state index contributed by atoms with van der Waals surface area (Å²) in [7, 11) is 0. The molecule has 1 amide bonds. The Kier molecular flexibility index (Phi) is 3.85. The lowest BCUT2D eigenvalue weighted by molar-refractivity contribution is 0.0993. The zero-order valence-corrected chi connectivity index (χ0v) is 15.3. The number of ether oxygens (including phenoxy) is 1. The predicted octanol–water partition coefficient (Wildman–Crippen LogP) is 4.04. The number of aromatic hydroxyl groups is 2. The molecule has 5 rings (SSSR count). The van der Waals surface area contributed by atoms with E-state index < -0.39 is 5.78 Å². The molecule has 148 valence electrons. The van der Waals surface area contributed by atoms with E-state index in [0.717, 1.165) is 17.0 Å². The van der Waals surface area contributed by atoms with Gasteiger partial charge in [0.2, 0.25) is 5.78 Å². The third-order valence-corrected chi connectivity index (χ3v) is 4.74. The van der Waals surface area contributed by atoms with Gasteiger partial charge in [0.1, 0.15) is 22.8 Å². The highest BCUT2D eigenvalue weighted by molar-refractivity contribution is 6.17. The van der Waals surface area contributed by atoms with Crippen molar-refractivity contribution in [1.29, 1.82) is 0 Å². The van der Waals surface area contributed by atoms with Crippen molar-refractivity contribution < 1.29 is 29.0 Å². The van der Waals surface area contributed by atoms with Gasteiger partial charge in [0.05, 0.1) is 6.26 Å². The van der Waals surface area contributed by atoms with Gasteiger partial charge in [-0.15, -0.1) is 0 Å². The maximum atomic E-state index is 12.6. The molecule has 0 radical (unpaired) electrons. The van der Waals surface area contributed by atoms with E-state index in [2.05, 4.69) is 10.3 Å². The largest absolute Gasteiger partial charge is 0.508 e. The summed E-state index contributed by atoms with van der Waals surface area (Å²) in [6.07, 6.45) is 4.66. The molecule has 3 heterocycles. The van der Waals surface area contributed by atoms with E-state index in [9.17, 15) is 19.8 Å². The fraction of sp³-hybridized carbons (Fsp3) is 0. The summed E-state index contributed by atoms with van der Waals surface area (Å²) in [4.78, 5) is 27.9. The molecule has 0 bridgehead atoms. The molecule has 1 aliphatic heterocycles. The van der Waals surface area contributed by atoms with E-state index in [1.807, 2.05) is 0 Å². The van der Waals surface area contributed by atoms with E-state index in [0.29, 0.717) is 11.3 Å². The number of hydrogen-bond donors (Lipinski definition) is 4. The first-order valence-corrected chi connectivity index (χ1v) is 8.96. The van der Waals surface area contributed by atoms with Gasteiger partial charge >= 0.3 is 0 Å². The zero-order chi connectivity index (χ0) is 20.8. The summed E-state index contributed by atoms with van der Waals surface area (Å²) in [5.74, 6) is -1.12. The Balaban J connectivity index is 1.49. The highest BCUT2D eigenvalue weighted by Crippen LogP contribution is 2.41. The summed E-state index contributed by atoms with van der Waals surface area (Å²) in [5.41, 5.74) is 2.00. The number of anilines is 1. The Bertz CT molecular complexity index is 1350. The number of furan rings is 1. The lowest BCUT2D eigenvalue weighted by Gasteiger charge is -2.04. The second-order valence-corrected chi connectivity index (χ2v) is 6.71. The van der Waals surface area contributed by atoms with Crippen LogP contribution in [0.2, 0.25) is 0 Å². The number of phenols is 2. The molecule has 4 N–H and O–H groups in total. The maximum absolute atomic E-state index is 12.6. The smallest absolute Gasteiger partial charge is 0.291 e. The quantitative estimate of drug-likeness (QED) is 0.383. The monoisotopic (exact) mass is 402 g/mol. The molecule has 30 heavy (non-hydrogen) atoms. The molecule has 4 aromatic rings. The SMILES string of the molecule is O=C(Nc1ccc2[nH]cc(/C=C3\Oc4cc(O)cc(O)c4C3=O)c2c1)c1ccco1. The van der Waals surface area contributed by atoms with Crippen molar-refractivity contribution in [3.63, 3.8) is 0 Å². The van der Waals surface area contributed by atoms with Crippen LogP contribution in [0.1, 0.15) is 26.5 Å².